The Morgan fingerprint density at radius 3 is 2.59 bits per heavy atom. The monoisotopic (exact) mass is 307 g/mol. The van der Waals surface area contributed by atoms with E-state index in [2.05, 4.69) is 20.2 Å². The third-order valence-electron chi connectivity index (χ3n) is 3.89. The molecule has 1 aromatic carbocycles. The van der Waals surface area contributed by atoms with Crippen LogP contribution in [-0.2, 0) is 11.3 Å². The van der Waals surface area contributed by atoms with Crippen LogP contribution in [0.25, 0.3) is 10.4 Å². The molecule has 0 aromatic heterocycles. The van der Waals surface area contributed by atoms with Crippen LogP contribution < -0.4 is 5.32 Å². The summed E-state index contributed by atoms with van der Waals surface area (Å²) in [5, 5.41) is 6.80. The Bertz CT molecular complexity index is 497. The number of alkyl halides is 1. The molecule has 0 amide bonds. The molecule has 6 nitrogen and oxygen atoms in total. The number of rotatable bonds is 7. The maximum absolute atomic E-state index is 13.0. The number of hydrogen-bond donors (Lipinski definition) is 1. The topological polar surface area (TPSA) is 73.3 Å². The molecule has 1 saturated heterocycles. The zero-order valence-corrected chi connectivity index (χ0v) is 12.8. The third kappa shape index (κ3) is 4.42. The number of halogens is 1. The zero-order valence-electron chi connectivity index (χ0n) is 12.8. The van der Waals surface area contributed by atoms with Crippen LogP contribution in [0, 0.1) is 0 Å². The molecule has 0 saturated carbocycles. The summed E-state index contributed by atoms with van der Waals surface area (Å²) in [6, 6.07) is 7.04. The SMILES string of the molecule is CO[C@H](c1ccc(CN2CCNCC2)cc1)[C@@H](CF)N=[N+]=[N-]. The van der Waals surface area contributed by atoms with Crippen molar-refractivity contribution in [2.24, 2.45) is 5.11 Å². The Labute approximate surface area is 129 Å². The molecule has 1 aliphatic heterocycles. The van der Waals surface area contributed by atoms with Gasteiger partial charge in [0.25, 0.3) is 0 Å². The van der Waals surface area contributed by atoms with Gasteiger partial charge in [-0.3, -0.25) is 9.29 Å². The first kappa shape index (κ1) is 16.7. The standard InChI is InChI=1S/C15H22FN5O/c1-22-15(14(10-16)19-20-17)13-4-2-12(3-5-13)11-21-8-6-18-7-9-21/h2-5,14-15,18H,6-11H2,1H3/t14-,15-/m1/s1. The number of methoxy groups -OCH3 is 1. The summed E-state index contributed by atoms with van der Waals surface area (Å²) in [6.45, 7) is 4.29. The van der Waals surface area contributed by atoms with Crippen molar-refractivity contribution in [1.82, 2.24) is 10.2 Å². The minimum absolute atomic E-state index is 0.561. The van der Waals surface area contributed by atoms with E-state index in [-0.39, 0.29) is 0 Å². The molecule has 2 rings (SSSR count). The van der Waals surface area contributed by atoms with Gasteiger partial charge in [-0.15, -0.1) is 0 Å². The van der Waals surface area contributed by atoms with Crippen molar-refractivity contribution in [1.29, 1.82) is 0 Å². The fourth-order valence-corrected chi connectivity index (χ4v) is 2.69. The Kier molecular flexibility index (Phi) is 6.61. The first-order valence-corrected chi connectivity index (χ1v) is 7.43. The summed E-state index contributed by atoms with van der Waals surface area (Å²) in [5.41, 5.74) is 10.5. The quantitative estimate of drug-likeness (QED) is 0.477. The maximum Gasteiger partial charge on any atom is 0.101 e. The summed E-state index contributed by atoms with van der Waals surface area (Å²) in [6.07, 6.45) is -0.561. The van der Waals surface area contributed by atoms with E-state index in [1.54, 1.807) is 0 Å². The van der Waals surface area contributed by atoms with Crippen LogP contribution in [0.4, 0.5) is 4.39 Å². The van der Waals surface area contributed by atoms with E-state index in [9.17, 15) is 4.39 Å². The van der Waals surface area contributed by atoms with Crippen LogP contribution in [0.15, 0.2) is 29.4 Å². The average molecular weight is 307 g/mol. The first-order chi connectivity index (χ1) is 10.8. The minimum Gasteiger partial charge on any atom is -0.376 e. The molecule has 1 heterocycles. The normalized spacial score (nSPS) is 18.5. The number of nitrogens with one attached hydrogen (secondary N) is 1. The number of azide groups is 1. The van der Waals surface area contributed by atoms with Crippen molar-refractivity contribution in [3.63, 3.8) is 0 Å². The molecule has 22 heavy (non-hydrogen) atoms. The highest BCUT2D eigenvalue weighted by Gasteiger charge is 2.22. The predicted molar refractivity (Wildman–Crippen MR) is 83.2 cm³/mol. The highest BCUT2D eigenvalue weighted by Crippen LogP contribution is 2.24. The molecule has 0 aliphatic carbocycles. The van der Waals surface area contributed by atoms with Crippen molar-refractivity contribution in [2.45, 2.75) is 18.7 Å². The molecule has 2 atom stereocenters. The Balaban J connectivity index is 2.04. The van der Waals surface area contributed by atoms with Gasteiger partial charge in [0.2, 0.25) is 0 Å². The molecule has 1 aromatic rings. The van der Waals surface area contributed by atoms with Crippen LogP contribution >= 0.6 is 0 Å². The van der Waals surface area contributed by atoms with Crippen LogP contribution in [0.3, 0.4) is 0 Å². The smallest absolute Gasteiger partial charge is 0.101 e. The predicted octanol–water partition coefficient (Wildman–Crippen LogP) is 2.43. The van der Waals surface area contributed by atoms with Gasteiger partial charge in [0.05, 0.1) is 12.1 Å². The minimum atomic E-state index is -0.839. The van der Waals surface area contributed by atoms with E-state index in [1.165, 1.54) is 12.7 Å². The van der Waals surface area contributed by atoms with Crippen molar-refractivity contribution < 1.29 is 9.13 Å². The molecular formula is C15H22FN5O. The second-order valence-electron chi connectivity index (χ2n) is 5.35. The fraction of sp³-hybridized carbons (Fsp3) is 0.600. The van der Waals surface area contributed by atoms with Crippen molar-refractivity contribution in [2.75, 3.05) is 40.0 Å². The third-order valence-corrected chi connectivity index (χ3v) is 3.89. The Morgan fingerprint density at radius 1 is 1.36 bits per heavy atom. The van der Waals surface area contributed by atoms with Gasteiger partial charge in [0, 0.05) is 44.7 Å². The van der Waals surface area contributed by atoms with Gasteiger partial charge in [-0.1, -0.05) is 29.4 Å². The number of nitrogens with zero attached hydrogens (tertiary/aromatic N) is 4. The fourth-order valence-electron chi connectivity index (χ4n) is 2.69. The van der Waals surface area contributed by atoms with Crippen molar-refractivity contribution in [3.05, 3.63) is 45.8 Å². The number of hydrogen-bond acceptors (Lipinski definition) is 4. The van der Waals surface area contributed by atoms with E-state index >= 15 is 0 Å². The highest BCUT2D eigenvalue weighted by atomic mass is 19.1. The molecule has 0 radical (unpaired) electrons. The first-order valence-electron chi connectivity index (χ1n) is 7.43. The van der Waals surface area contributed by atoms with E-state index in [0.717, 1.165) is 38.3 Å². The summed E-state index contributed by atoms with van der Waals surface area (Å²) in [7, 11) is 1.49. The largest absolute Gasteiger partial charge is 0.376 e. The van der Waals surface area contributed by atoms with Crippen molar-refractivity contribution in [3.8, 4) is 0 Å². The van der Waals surface area contributed by atoms with Gasteiger partial charge in [0.15, 0.2) is 0 Å². The van der Waals surface area contributed by atoms with Gasteiger partial charge in [-0.25, -0.2) is 0 Å². The molecule has 1 N–H and O–H groups in total. The average Bonchev–Trinajstić information content (AvgIpc) is 2.57. The number of ether oxygens (including phenoxy) is 1. The number of piperazine rings is 1. The van der Waals surface area contributed by atoms with Crippen molar-refractivity contribution >= 4 is 0 Å². The van der Waals surface area contributed by atoms with E-state index in [1.807, 2.05) is 24.3 Å². The molecule has 1 aliphatic rings. The molecule has 1 fully saturated rings. The maximum atomic E-state index is 13.0. The lowest BCUT2D eigenvalue weighted by Gasteiger charge is -2.27. The molecular weight excluding hydrogens is 285 g/mol. The van der Waals surface area contributed by atoms with Crippen LogP contribution in [0.5, 0.6) is 0 Å². The van der Waals surface area contributed by atoms with Gasteiger partial charge >= 0.3 is 0 Å². The van der Waals surface area contributed by atoms with Gasteiger partial charge in [-0.05, 0) is 16.7 Å². The molecule has 0 spiro atoms. The molecule has 0 bridgehead atoms. The van der Waals surface area contributed by atoms with E-state index in [0.29, 0.717) is 0 Å². The van der Waals surface area contributed by atoms with E-state index < -0.39 is 18.8 Å². The summed E-state index contributed by atoms with van der Waals surface area (Å²) in [5.74, 6) is 0. The second kappa shape index (κ2) is 8.70. The lowest BCUT2D eigenvalue weighted by molar-refractivity contribution is 0.0722. The Morgan fingerprint density at radius 2 is 2.05 bits per heavy atom. The molecule has 120 valence electrons. The molecule has 0 unspecified atom stereocenters. The zero-order chi connectivity index (χ0) is 15.8. The van der Waals surface area contributed by atoms with Gasteiger partial charge in [0.1, 0.15) is 6.67 Å². The highest BCUT2D eigenvalue weighted by molar-refractivity contribution is 5.25. The van der Waals surface area contributed by atoms with E-state index in [4.69, 9.17) is 10.3 Å². The van der Waals surface area contributed by atoms with Crippen LogP contribution in [0.2, 0.25) is 0 Å². The van der Waals surface area contributed by atoms with Gasteiger partial charge < -0.3 is 10.1 Å². The summed E-state index contributed by atoms with van der Waals surface area (Å²) < 4.78 is 18.3. The van der Waals surface area contributed by atoms with Gasteiger partial charge in [-0.2, -0.15) is 0 Å². The Hall–Kier alpha value is -1.66. The second-order valence-corrected chi connectivity index (χ2v) is 5.35. The lowest BCUT2D eigenvalue weighted by Crippen LogP contribution is -2.42. The lowest BCUT2D eigenvalue weighted by atomic mass is 10.0. The summed E-state index contributed by atoms with van der Waals surface area (Å²) in [4.78, 5) is 5.08. The summed E-state index contributed by atoms with van der Waals surface area (Å²) >= 11 is 0. The number of benzene rings is 1. The molecule has 7 heteroatoms. The van der Waals surface area contributed by atoms with Crippen LogP contribution in [-0.4, -0.2) is 50.9 Å². The van der Waals surface area contributed by atoms with Crippen LogP contribution in [0.1, 0.15) is 17.2 Å².